The summed E-state index contributed by atoms with van der Waals surface area (Å²) >= 11 is 4.56. The number of hydrogen-bond acceptors (Lipinski definition) is 4. The van der Waals surface area contributed by atoms with Crippen LogP contribution in [0, 0.1) is 6.92 Å². The molecule has 21 heavy (non-hydrogen) atoms. The Morgan fingerprint density at radius 1 is 1.43 bits per heavy atom. The molecule has 0 radical (unpaired) electrons. The van der Waals surface area contributed by atoms with Crippen molar-refractivity contribution in [1.29, 1.82) is 0 Å². The van der Waals surface area contributed by atoms with Gasteiger partial charge in [-0.25, -0.2) is 13.1 Å². The molecule has 0 saturated carbocycles. The summed E-state index contributed by atoms with van der Waals surface area (Å²) in [6.07, 6.45) is 0.577. The number of thiophene rings is 1. The van der Waals surface area contributed by atoms with E-state index in [1.807, 2.05) is 31.2 Å². The van der Waals surface area contributed by atoms with Crippen molar-refractivity contribution >= 4 is 37.3 Å². The highest BCUT2D eigenvalue weighted by Crippen LogP contribution is 2.31. The van der Waals surface area contributed by atoms with Gasteiger partial charge in [-0.2, -0.15) is 0 Å². The third-order valence-electron chi connectivity index (χ3n) is 3.31. The van der Waals surface area contributed by atoms with Gasteiger partial charge in [-0.3, -0.25) is 0 Å². The largest absolute Gasteiger partial charge is 0.488 e. The van der Waals surface area contributed by atoms with E-state index in [-0.39, 0.29) is 12.6 Å². The predicted octanol–water partition coefficient (Wildman–Crippen LogP) is 3.10. The van der Waals surface area contributed by atoms with E-state index >= 15 is 0 Å². The molecular formula is C14H14BrNO3S2. The Morgan fingerprint density at radius 2 is 2.19 bits per heavy atom. The van der Waals surface area contributed by atoms with Crippen LogP contribution < -0.4 is 9.46 Å². The number of rotatable bonds is 4. The van der Waals surface area contributed by atoms with E-state index in [9.17, 15) is 8.42 Å². The number of aryl methyl sites for hydroxylation is 1. The molecule has 2 aromatic rings. The molecule has 1 atom stereocenters. The minimum absolute atomic E-state index is 0.151. The van der Waals surface area contributed by atoms with E-state index in [1.54, 1.807) is 6.07 Å². The van der Waals surface area contributed by atoms with Crippen molar-refractivity contribution < 1.29 is 13.2 Å². The van der Waals surface area contributed by atoms with Crippen LogP contribution in [0.5, 0.6) is 5.75 Å². The highest BCUT2D eigenvalue weighted by molar-refractivity contribution is 9.11. The minimum atomic E-state index is -3.48. The molecule has 3 rings (SSSR count). The van der Waals surface area contributed by atoms with Gasteiger partial charge >= 0.3 is 0 Å². The zero-order chi connectivity index (χ0) is 15.0. The van der Waals surface area contributed by atoms with E-state index in [1.165, 1.54) is 11.3 Å². The van der Waals surface area contributed by atoms with Gasteiger partial charge in [-0.05, 0) is 46.1 Å². The highest BCUT2D eigenvalue weighted by Gasteiger charge is 2.25. The van der Waals surface area contributed by atoms with E-state index in [2.05, 4.69) is 20.7 Å². The van der Waals surface area contributed by atoms with Gasteiger partial charge in [-0.1, -0.05) is 18.2 Å². The van der Waals surface area contributed by atoms with Crippen molar-refractivity contribution in [2.24, 2.45) is 0 Å². The van der Waals surface area contributed by atoms with Gasteiger partial charge in [-0.15, -0.1) is 11.3 Å². The molecule has 0 spiro atoms. The molecule has 0 saturated heterocycles. The number of benzene rings is 1. The molecule has 1 N–H and O–H groups in total. The smallest absolute Gasteiger partial charge is 0.250 e. The van der Waals surface area contributed by atoms with Crippen molar-refractivity contribution in [3.63, 3.8) is 0 Å². The summed E-state index contributed by atoms with van der Waals surface area (Å²) in [5.74, 6) is 0.844. The monoisotopic (exact) mass is 387 g/mol. The average Bonchev–Trinajstić information content (AvgIpc) is 3.01. The van der Waals surface area contributed by atoms with Crippen molar-refractivity contribution in [2.45, 2.75) is 23.7 Å². The van der Waals surface area contributed by atoms with E-state index in [4.69, 9.17) is 4.74 Å². The van der Waals surface area contributed by atoms with Crippen LogP contribution in [0.2, 0.25) is 0 Å². The van der Waals surface area contributed by atoms with E-state index in [0.717, 1.165) is 27.1 Å². The first-order chi connectivity index (χ1) is 9.95. The Hall–Kier alpha value is -0.890. The van der Waals surface area contributed by atoms with Crippen LogP contribution >= 0.6 is 27.3 Å². The van der Waals surface area contributed by atoms with Gasteiger partial charge in [0.15, 0.2) is 0 Å². The molecule has 1 aliphatic heterocycles. The van der Waals surface area contributed by atoms with Gasteiger partial charge in [0.05, 0.1) is 3.79 Å². The van der Waals surface area contributed by atoms with Gasteiger partial charge in [0.1, 0.15) is 16.1 Å². The summed E-state index contributed by atoms with van der Waals surface area (Å²) in [5.41, 5.74) is 2.04. The Labute approximate surface area is 136 Å². The third kappa shape index (κ3) is 3.15. The fraction of sp³-hybridized carbons (Fsp3) is 0.286. The molecule has 1 aromatic carbocycles. The maximum absolute atomic E-state index is 12.3. The van der Waals surface area contributed by atoms with E-state index in [0.29, 0.717) is 4.21 Å². The lowest BCUT2D eigenvalue weighted by Crippen LogP contribution is -2.34. The van der Waals surface area contributed by atoms with Crippen LogP contribution in [0.3, 0.4) is 0 Å². The van der Waals surface area contributed by atoms with Crippen molar-refractivity contribution in [3.05, 3.63) is 45.2 Å². The number of halogens is 1. The molecule has 1 aromatic heterocycles. The topological polar surface area (TPSA) is 55.4 Å². The lowest BCUT2D eigenvalue weighted by atomic mass is 10.1. The van der Waals surface area contributed by atoms with Crippen LogP contribution in [0.1, 0.15) is 11.1 Å². The summed E-state index contributed by atoms with van der Waals surface area (Å²) in [5, 5.41) is 0. The molecule has 0 fully saturated rings. The molecule has 1 unspecified atom stereocenters. The molecule has 0 bridgehead atoms. The summed E-state index contributed by atoms with van der Waals surface area (Å²) in [6, 6.07) is 9.45. The minimum Gasteiger partial charge on any atom is -0.488 e. The Balaban J connectivity index is 1.66. The van der Waals surface area contributed by atoms with Crippen LogP contribution in [0.4, 0.5) is 0 Å². The van der Waals surface area contributed by atoms with Crippen LogP contribution in [-0.2, 0) is 16.4 Å². The fourth-order valence-corrected chi connectivity index (χ4v) is 5.54. The standard InChI is InChI=1S/C14H14BrNO3S2/c1-9-6-13(20-14(9)15)21(17,18)16-8-11-7-10-4-2-3-5-12(10)19-11/h2-6,11,16H,7-8H2,1H3. The fourth-order valence-electron chi connectivity index (χ4n) is 2.21. The summed E-state index contributed by atoms with van der Waals surface area (Å²) in [4.78, 5) is 0. The first-order valence-electron chi connectivity index (χ1n) is 6.46. The highest BCUT2D eigenvalue weighted by atomic mass is 79.9. The third-order valence-corrected chi connectivity index (χ3v) is 7.35. The first kappa shape index (κ1) is 15.0. The second kappa shape index (κ2) is 5.72. The summed E-state index contributed by atoms with van der Waals surface area (Å²) in [7, 11) is -3.48. The zero-order valence-corrected chi connectivity index (χ0v) is 14.5. The lowest BCUT2D eigenvalue weighted by molar-refractivity contribution is 0.236. The van der Waals surface area contributed by atoms with Crippen LogP contribution in [0.15, 0.2) is 38.3 Å². The SMILES string of the molecule is Cc1cc(S(=O)(=O)NCC2Cc3ccccc3O2)sc1Br. The Kier molecular flexibility index (Phi) is 4.09. The summed E-state index contributed by atoms with van der Waals surface area (Å²) < 4.78 is 34.0. The number of hydrogen-bond donors (Lipinski definition) is 1. The van der Waals surface area contributed by atoms with Crippen molar-refractivity contribution in [1.82, 2.24) is 4.72 Å². The average molecular weight is 388 g/mol. The molecule has 7 heteroatoms. The number of ether oxygens (including phenoxy) is 1. The lowest BCUT2D eigenvalue weighted by Gasteiger charge is -2.11. The molecule has 0 aliphatic carbocycles. The molecular weight excluding hydrogens is 374 g/mol. The Morgan fingerprint density at radius 3 is 2.86 bits per heavy atom. The molecule has 4 nitrogen and oxygen atoms in total. The van der Waals surface area contributed by atoms with Crippen molar-refractivity contribution in [3.8, 4) is 5.75 Å². The normalized spacial score (nSPS) is 17.5. The molecule has 0 amide bonds. The summed E-state index contributed by atoms with van der Waals surface area (Å²) in [6.45, 7) is 2.14. The Bertz CT molecular complexity index is 726. The van der Waals surface area contributed by atoms with Crippen molar-refractivity contribution in [2.75, 3.05) is 6.54 Å². The van der Waals surface area contributed by atoms with Gasteiger partial charge in [0, 0.05) is 13.0 Å². The number of fused-ring (bicyclic) bond motifs is 1. The quantitative estimate of drug-likeness (QED) is 0.876. The maximum atomic E-state index is 12.3. The van der Waals surface area contributed by atoms with Gasteiger partial charge in [0.2, 0.25) is 10.0 Å². The predicted molar refractivity (Wildman–Crippen MR) is 86.5 cm³/mol. The van der Waals surface area contributed by atoms with Crippen LogP contribution in [0.25, 0.3) is 0 Å². The number of sulfonamides is 1. The van der Waals surface area contributed by atoms with E-state index < -0.39 is 10.0 Å². The second-order valence-corrected chi connectivity index (χ2v) is 9.29. The number of nitrogens with one attached hydrogen (secondary N) is 1. The van der Waals surface area contributed by atoms with Crippen LogP contribution in [-0.4, -0.2) is 21.1 Å². The second-order valence-electron chi connectivity index (χ2n) is 4.93. The first-order valence-corrected chi connectivity index (χ1v) is 9.55. The number of para-hydroxylation sites is 1. The van der Waals surface area contributed by atoms with Gasteiger partial charge < -0.3 is 4.74 Å². The molecule has 112 valence electrons. The zero-order valence-electron chi connectivity index (χ0n) is 11.3. The maximum Gasteiger partial charge on any atom is 0.250 e. The van der Waals surface area contributed by atoms with Gasteiger partial charge in [0.25, 0.3) is 0 Å². The molecule has 1 aliphatic rings. The molecule has 2 heterocycles.